The first-order valence-corrected chi connectivity index (χ1v) is 5.28. The van der Waals surface area contributed by atoms with Gasteiger partial charge in [-0.15, -0.1) is 0 Å². The zero-order valence-corrected chi connectivity index (χ0v) is 9.47. The Morgan fingerprint density at radius 1 is 1.53 bits per heavy atom. The average Bonchev–Trinajstić information content (AvgIpc) is 2.72. The second-order valence-corrected chi connectivity index (χ2v) is 3.48. The van der Waals surface area contributed by atoms with E-state index in [2.05, 4.69) is 27.1 Å². The number of nitrogens with zero attached hydrogens (tertiary/aromatic N) is 3. The fourth-order valence-corrected chi connectivity index (χ4v) is 1.39. The average molecular weight is 228 g/mol. The van der Waals surface area contributed by atoms with E-state index in [1.807, 2.05) is 10.6 Å². The van der Waals surface area contributed by atoms with Gasteiger partial charge in [-0.3, -0.25) is 14.2 Å². The minimum atomic E-state index is -0.0346. The topological polar surface area (TPSA) is 59.3 Å². The van der Waals surface area contributed by atoms with Crippen LogP contribution in [0, 0.1) is 11.8 Å². The van der Waals surface area contributed by atoms with E-state index < -0.39 is 0 Å². The highest BCUT2D eigenvalue weighted by Crippen LogP contribution is 2.02. The van der Waals surface area contributed by atoms with Gasteiger partial charge in [-0.25, -0.2) is 4.98 Å². The van der Waals surface area contributed by atoms with Gasteiger partial charge in [0.15, 0.2) is 5.65 Å². The van der Waals surface area contributed by atoms with Crippen molar-refractivity contribution < 1.29 is 4.79 Å². The summed E-state index contributed by atoms with van der Waals surface area (Å²) >= 11 is 0. The summed E-state index contributed by atoms with van der Waals surface area (Å²) in [7, 11) is 0. The number of imidazole rings is 1. The predicted molar refractivity (Wildman–Crippen MR) is 63.2 cm³/mol. The summed E-state index contributed by atoms with van der Waals surface area (Å²) in [4.78, 5) is 18.8. The van der Waals surface area contributed by atoms with Crippen LogP contribution in [0.25, 0.3) is 5.65 Å². The van der Waals surface area contributed by atoms with Crippen molar-refractivity contribution in [2.75, 3.05) is 6.54 Å². The van der Waals surface area contributed by atoms with E-state index in [0.29, 0.717) is 13.0 Å². The molecule has 0 spiro atoms. The zero-order chi connectivity index (χ0) is 12.1. The van der Waals surface area contributed by atoms with Gasteiger partial charge in [-0.2, -0.15) is 0 Å². The lowest BCUT2D eigenvalue weighted by atomic mass is 10.4. The van der Waals surface area contributed by atoms with Crippen molar-refractivity contribution in [1.82, 2.24) is 19.7 Å². The van der Waals surface area contributed by atoms with Crippen LogP contribution in [0.4, 0.5) is 0 Å². The second kappa shape index (κ2) is 5.12. The maximum atomic E-state index is 10.6. The molecular formula is C12H12N4O. The van der Waals surface area contributed by atoms with Crippen LogP contribution >= 0.6 is 0 Å². The Labute approximate surface area is 98.9 Å². The molecule has 1 N–H and O–H groups in total. The first-order valence-electron chi connectivity index (χ1n) is 5.28. The molecule has 0 bridgehead atoms. The summed E-state index contributed by atoms with van der Waals surface area (Å²) in [6.45, 7) is 2.06. The smallest absolute Gasteiger partial charge is 0.216 e. The number of amides is 1. The molecule has 1 amide bonds. The SMILES string of the molecule is CC(=O)NCCC#Cc1cnc2cnccn12. The normalized spacial score (nSPS) is 9.71. The molecule has 2 aromatic heterocycles. The van der Waals surface area contributed by atoms with Crippen LogP contribution in [0.15, 0.2) is 24.8 Å². The van der Waals surface area contributed by atoms with Crippen molar-refractivity contribution in [3.8, 4) is 11.8 Å². The van der Waals surface area contributed by atoms with Crippen LogP contribution in [0.5, 0.6) is 0 Å². The first-order chi connectivity index (χ1) is 8.27. The number of hydrogen-bond donors (Lipinski definition) is 1. The molecule has 0 aliphatic carbocycles. The summed E-state index contributed by atoms with van der Waals surface area (Å²) in [5, 5.41) is 2.69. The van der Waals surface area contributed by atoms with Crippen molar-refractivity contribution >= 4 is 11.6 Å². The van der Waals surface area contributed by atoms with Gasteiger partial charge in [0.1, 0.15) is 5.69 Å². The first kappa shape index (κ1) is 11.1. The highest BCUT2D eigenvalue weighted by molar-refractivity contribution is 5.72. The Kier molecular flexibility index (Phi) is 3.36. The Morgan fingerprint density at radius 3 is 3.24 bits per heavy atom. The molecule has 0 radical (unpaired) electrons. The van der Waals surface area contributed by atoms with E-state index in [9.17, 15) is 4.79 Å². The lowest BCUT2D eigenvalue weighted by molar-refractivity contribution is -0.118. The highest BCUT2D eigenvalue weighted by Gasteiger charge is 1.97. The number of nitrogens with one attached hydrogen (secondary N) is 1. The molecule has 0 aromatic carbocycles. The van der Waals surface area contributed by atoms with Gasteiger partial charge >= 0.3 is 0 Å². The molecule has 0 saturated heterocycles. The Bertz CT molecular complexity index is 591. The molecule has 86 valence electrons. The number of fused-ring (bicyclic) bond motifs is 1. The van der Waals surface area contributed by atoms with Crippen molar-refractivity contribution in [2.45, 2.75) is 13.3 Å². The maximum absolute atomic E-state index is 10.6. The fraction of sp³-hybridized carbons (Fsp3) is 0.250. The molecule has 5 heteroatoms. The third kappa shape index (κ3) is 2.82. The van der Waals surface area contributed by atoms with Crippen LogP contribution in [-0.4, -0.2) is 26.8 Å². The molecule has 0 aliphatic rings. The molecular weight excluding hydrogens is 216 g/mol. The van der Waals surface area contributed by atoms with Gasteiger partial charge in [-0.1, -0.05) is 5.92 Å². The van der Waals surface area contributed by atoms with Crippen LogP contribution in [-0.2, 0) is 4.79 Å². The highest BCUT2D eigenvalue weighted by atomic mass is 16.1. The van der Waals surface area contributed by atoms with Crippen LogP contribution in [0.2, 0.25) is 0 Å². The van der Waals surface area contributed by atoms with Crippen molar-refractivity contribution in [3.63, 3.8) is 0 Å². The molecule has 0 unspecified atom stereocenters. The second-order valence-electron chi connectivity index (χ2n) is 3.48. The summed E-state index contributed by atoms with van der Waals surface area (Å²) in [6.07, 6.45) is 7.53. The van der Waals surface area contributed by atoms with Crippen LogP contribution < -0.4 is 5.32 Å². The van der Waals surface area contributed by atoms with Gasteiger partial charge in [0, 0.05) is 32.3 Å². The van der Waals surface area contributed by atoms with E-state index in [1.165, 1.54) is 6.92 Å². The largest absolute Gasteiger partial charge is 0.355 e. The van der Waals surface area contributed by atoms with Crippen molar-refractivity contribution in [3.05, 3.63) is 30.5 Å². The summed E-state index contributed by atoms with van der Waals surface area (Å²) in [6, 6.07) is 0. The molecule has 2 aromatic rings. The summed E-state index contributed by atoms with van der Waals surface area (Å²) in [5.41, 5.74) is 1.60. The molecule has 0 saturated carbocycles. The van der Waals surface area contributed by atoms with Crippen LogP contribution in [0.3, 0.4) is 0 Å². The molecule has 17 heavy (non-hydrogen) atoms. The quantitative estimate of drug-likeness (QED) is 0.605. The maximum Gasteiger partial charge on any atom is 0.216 e. The Hall–Kier alpha value is -2.35. The monoisotopic (exact) mass is 228 g/mol. The standard InChI is InChI=1S/C12H12N4O/c1-10(17)14-5-3-2-4-11-8-15-12-9-13-6-7-16(11)12/h6-9H,3,5H2,1H3,(H,14,17). The van der Waals surface area contributed by atoms with Gasteiger partial charge < -0.3 is 5.32 Å². The fourth-order valence-electron chi connectivity index (χ4n) is 1.39. The minimum absolute atomic E-state index is 0.0346. The van der Waals surface area contributed by atoms with E-state index in [-0.39, 0.29) is 5.91 Å². The molecule has 0 atom stereocenters. The number of carbonyl (C=O) groups excluding carboxylic acids is 1. The van der Waals surface area contributed by atoms with Crippen molar-refractivity contribution in [2.24, 2.45) is 0 Å². The summed E-state index contributed by atoms with van der Waals surface area (Å²) in [5.74, 6) is 5.97. The number of hydrogen-bond acceptors (Lipinski definition) is 3. The minimum Gasteiger partial charge on any atom is -0.355 e. The van der Waals surface area contributed by atoms with Gasteiger partial charge in [0.05, 0.1) is 12.4 Å². The van der Waals surface area contributed by atoms with E-state index in [1.54, 1.807) is 18.6 Å². The van der Waals surface area contributed by atoms with Gasteiger partial charge in [0.2, 0.25) is 5.91 Å². The van der Waals surface area contributed by atoms with E-state index >= 15 is 0 Å². The lowest BCUT2D eigenvalue weighted by Crippen LogP contribution is -2.20. The van der Waals surface area contributed by atoms with Gasteiger partial charge in [-0.05, 0) is 5.92 Å². The predicted octanol–water partition coefficient (Wildman–Crippen LogP) is 0.607. The van der Waals surface area contributed by atoms with Crippen molar-refractivity contribution in [1.29, 1.82) is 0 Å². The van der Waals surface area contributed by atoms with Crippen LogP contribution in [0.1, 0.15) is 19.0 Å². The number of rotatable bonds is 2. The molecule has 5 nitrogen and oxygen atoms in total. The molecule has 2 heterocycles. The summed E-state index contributed by atoms with van der Waals surface area (Å²) < 4.78 is 1.87. The number of aromatic nitrogens is 3. The Balaban J connectivity index is 2.04. The Morgan fingerprint density at radius 2 is 2.41 bits per heavy atom. The zero-order valence-electron chi connectivity index (χ0n) is 9.47. The molecule has 0 aliphatic heterocycles. The van der Waals surface area contributed by atoms with E-state index in [4.69, 9.17) is 0 Å². The number of carbonyl (C=O) groups is 1. The molecule has 2 rings (SSSR count). The van der Waals surface area contributed by atoms with Gasteiger partial charge in [0.25, 0.3) is 0 Å². The third-order valence-electron chi connectivity index (χ3n) is 2.16. The molecule has 0 fully saturated rings. The lowest BCUT2D eigenvalue weighted by Gasteiger charge is -1.95. The third-order valence-corrected chi connectivity index (χ3v) is 2.16. The van der Waals surface area contributed by atoms with E-state index in [0.717, 1.165) is 11.3 Å².